The fourth-order valence-electron chi connectivity index (χ4n) is 1.21. The van der Waals surface area contributed by atoms with E-state index in [0.29, 0.717) is 0 Å². The van der Waals surface area contributed by atoms with Crippen LogP contribution >= 0.6 is 0 Å². The van der Waals surface area contributed by atoms with Crippen molar-refractivity contribution >= 4 is 13.4 Å². The molecular weight excluding hydrogens is 293 g/mol. The van der Waals surface area contributed by atoms with E-state index < -0.39 is 7.32 Å². The van der Waals surface area contributed by atoms with Crippen molar-refractivity contribution in [2.45, 2.75) is 6.92 Å². The Morgan fingerprint density at radius 2 is 1.45 bits per heavy atom. The van der Waals surface area contributed by atoms with Gasteiger partial charge in [0, 0.05) is 0 Å². The van der Waals surface area contributed by atoms with Crippen LogP contribution in [0.1, 0.15) is 11.1 Å². The van der Waals surface area contributed by atoms with E-state index in [1.807, 2.05) is 37.3 Å². The molecule has 8 nitrogen and oxygen atoms in total. The molecule has 0 heterocycles. The topological polar surface area (TPSA) is 123 Å². The summed E-state index contributed by atoms with van der Waals surface area (Å²) in [5.74, 6) is 0. The Morgan fingerprint density at radius 1 is 1.00 bits per heavy atom. The minimum Gasteiger partial charge on any atom is -0.402 e. The van der Waals surface area contributed by atoms with Gasteiger partial charge in [-0.25, -0.2) is 9.68 Å². The van der Waals surface area contributed by atoms with Gasteiger partial charge in [-0.05, 0) is 18.6 Å². The Bertz CT molecular complexity index is 389. The lowest BCUT2D eigenvalue weighted by molar-refractivity contribution is -0.339. The van der Waals surface area contributed by atoms with Gasteiger partial charge in [0.05, 0.1) is 19.4 Å². The minimum absolute atomic E-state index is 0.0998. The maximum atomic E-state index is 8.68. The average molecular weight is 315 g/mol. The molecule has 1 aromatic carbocycles. The van der Waals surface area contributed by atoms with Gasteiger partial charge in [-0.15, -0.1) is 5.23 Å². The minimum atomic E-state index is -2.17. The second-order valence-corrected chi connectivity index (χ2v) is 3.97. The van der Waals surface area contributed by atoms with Gasteiger partial charge in [0.1, 0.15) is 13.2 Å². The first-order valence-electron chi connectivity index (χ1n) is 6.55. The number of hydrogen-bond acceptors (Lipinski definition) is 8. The van der Waals surface area contributed by atoms with Crippen LogP contribution in [0.15, 0.2) is 30.5 Å². The largest absolute Gasteiger partial charge is 0.631 e. The summed E-state index contributed by atoms with van der Waals surface area (Å²) in [5, 5.41) is 40.0. The predicted octanol–water partition coefficient (Wildman–Crippen LogP) is -0.936. The highest BCUT2D eigenvalue weighted by atomic mass is 16.9. The van der Waals surface area contributed by atoms with E-state index in [9.17, 15) is 0 Å². The highest BCUT2D eigenvalue weighted by molar-refractivity contribution is 6.30. The van der Waals surface area contributed by atoms with E-state index in [4.69, 9.17) is 35.0 Å². The van der Waals surface area contributed by atoms with Crippen molar-refractivity contribution < 1.29 is 35.0 Å². The molecule has 0 radical (unpaired) electrons. The van der Waals surface area contributed by atoms with Crippen LogP contribution in [0.5, 0.6) is 0 Å². The molecule has 22 heavy (non-hydrogen) atoms. The number of benzene rings is 1. The first-order chi connectivity index (χ1) is 10.5. The maximum absolute atomic E-state index is 8.68. The van der Waals surface area contributed by atoms with Crippen LogP contribution in [0.2, 0.25) is 0 Å². The molecule has 0 spiro atoms. The van der Waals surface area contributed by atoms with Crippen LogP contribution in [0, 0.1) is 6.92 Å². The summed E-state index contributed by atoms with van der Waals surface area (Å²) in [6.45, 7) is 2.08. The lowest BCUT2D eigenvalue weighted by Gasteiger charge is -2.17. The van der Waals surface area contributed by atoms with Gasteiger partial charge < -0.3 is 25.3 Å². The Hall–Kier alpha value is -1.46. The number of hydroxylamine groups is 2. The second kappa shape index (κ2) is 13.2. The maximum Gasteiger partial charge on any atom is 0.631 e. The van der Waals surface area contributed by atoms with E-state index in [1.165, 1.54) is 5.56 Å². The number of aliphatic hydroxyl groups is 2. The molecule has 0 unspecified atom stereocenters. The van der Waals surface area contributed by atoms with Crippen LogP contribution in [0.3, 0.4) is 0 Å². The highest BCUT2D eigenvalue weighted by Crippen LogP contribution is 2.06. The van der Waals surface area contributed by atoms with Crippen molar-refractivity contribution in [3.05, 3.63) is 41.6 Å². The number of nitrogens with zero attached hydrogens (tertiary/aromatic N) is 1. The van der Waals surface area contributed by atoms with Gasteiger partial charge in [-0.3, -0.25) is 0 Å². The average Bonchev–Trinajstić information content (AvgIpc) is 2.47. The zero-order chi connectivity index (χ0) is 16.8. The molecule has 0 aliphatic carbocycles. The van der Waals surface area contributed by atoms with Crippen LogP contribution < -0.4 is 0 Å². The van der Waals surface area contributed by atoms with E-state index in [-0.39, 0.29) is 26.4 Å². The van der Waals surface area contributed by atoms with Crippen molar-refractivity contribution in [3.63, 3.8) is 0 Å². The summed E-state index contributed by atoms with van der Waals surface area (Å²) in [5.41, 5.74) is 2.20. The summed E-state index contributed by atoms with van der Waals surface area (Å²) in [4.78, 5) is 10.2. The van der Waals surface area contributed by atoms with Gasteiger partial charge in [0.2, 0.25) is 0 Å². The first-order valence-corrected chi connectivity index (χ1v) is 6.55. The molecule has 9 heteroatoms. The second-order valence-electron chi connectivity index (χ2n) is 3.97. The molecule has 0 aromatic heterocycles. The van der Waals surface area contributed by atoms with E-state index >= 15 is 0 Å². The molecular formula is C13H22BNO7. The fraction of sp³-hybridized carbons (Fsp3) is 0.385. The SMILES string of the molecule is Cc1ccc(C=CN(OCCO)OCCO)cc1.OB(O)O. The zero-order valence-corrected chi connectivity index (χ0v) is 12.4. The van der Waals surface area contributed by atoms with Crippen LogP contribution in [0.4, 0.5) is 0 Å². The summed E-state index contributed by atoms with van der Waals surface area (Å²) < 4.78 is 0. The number of rotatable bonds is 8. The molecule has 0 saturated carbocycles. The lowest BCUT2D eigenvalue weighted by Crippen LogP contribution is -2.22. The smallest absolute Gasteiger partial charge is 0.402 e. The van der Waals surface area contributed by atoms with Gasteiger partial charge in [0.25, 0.3) is 0 Å². The normalized spacial score (nSPS) is 10.3. The van der Waals surface area contributed by atoms with Crippen LogP contribution in [0.25, 0.3) is 6.08 Å². The summed E-state index contributed by atoms with van der Waals surface area (Å²) >= 11 is 0. The summed E-state index contributed by atoms with van der Waals surface area (Å²) in [7, 11) is -2.17. The molecule has 0 aliphatic heterocycles. The van der Waals surface area contributed by atoms with E-state index in [1.54, 1.807) is 6.20 Å². The zero-order valence-electron chi connectivity index (χ0n) is 12.4. The summed E-state index contributed by atoms with van der Waals surface area (Å²) in [6.07, 6.45) is 3.41. The Labute approximate surface area is 129 Å². The molecule has 124 valence electrons. The van der Waals surface area contributed by atoms with Gasteiger partial charge in [-0.1, -0.05) is 29.8 Å². The highest BCUT2D eigenvalue weighted by Gasteiger charge is 1.99. The molecule has 0 bridgehead atoms. The molecule has 1 rings (SSSR count). The monoisotopic (exact) mass is 315 g/mol. The van der Waals surface area contributed by atoms with Crippen molar-refractivity contribution in [1.82, 2.24) is 5.23 Å². The molecule has 0 amide bonds. The lowest BCUT2D eigenvalue weighted by atomic mass is 10.1. The number of aliphatic hydroxyl groups excluding tert-OH is 2. The van der Waals surface area contributed by atoms with E-state index in [0.717, 1.165) is 10.8 Å². The first kappa shape index (κ1) is 20.5. The molecule has 0 saturated heterocycles. The van der Waals surface area contributed by atoms with Crippen LogP contribution in [-0.2, 0) is 9.68 Å². The third-order valence-electron chi connectivity index (χ3n) is 2.09. The summed E-state index contributed by atoms with van der Waals surface area (Å²) in [6, 6.07) is 7.96. The van der Waals surface area contributed by atoms with Gasteiger partial charge >= 0.3 is 7.32 Å². The van der Waals surface area contributed by atoms with Gasteiger partial charge in [-0.2, -0.15) is 0 Å². The molecule has 0 atom stereocenters. The third-order valence-corrected chi connectivity index (χ3v) is 2.09. The molecule has 0 aliphatic rings. The number of hydrogen-bond donors (Lipinski definition) is 5. The molecule has 0 fully saturated rings. The predicted molar refractivity (Wildman–Crippen MR) is 80.5 cm³/mol. The molecule has 5 N–H and O–H groups in total. The third kappa shape index (κ3) is 12.3. The van der Waals surface area contributed by atoms with Gasteiger partial charge in [0.15, 0.2) is 0 Å². The Morgan fingerprint density at radius 3 is 1.86 bits per heavy atom. The van der Waals surface area contributed by atoms with Crippen molar-refractivity contribution in [1.29, 1.82) is 0 Å². The van der Waals surface area contributed by atoms with E-state index in [2.05, 4.69) is 0 Å². The Balaban J connectivity index is 0.000000980. The van der Waals surface area contributed by atoms with Crippen LogP contribution in [-0.4, -0.2) is 64.3 Å². The standard InChI is InChI=1S/C13H19NO4.BH3O3/c1-12-2-4-13(5-3-12)6-7-14(17-10-8-15)18-11-9-16;2-1(3)4/h2-7,15-16H,8-11H2,1H3;2-4H. The van der Waals surface area contributed by atoms with Crippen molar-refractivity contribution in [2.75, 3.05) is 26.4 Å². The van der Waals surface area contributed by atoms with Crippen molar-refractivity contribution in [2.24, 2.45) is 0 Å². The fourth-order valence-corrected chi connectivity index (χ4v) is 1.21. The van der Waals surface area contributed by atoms with Crippen molar-refractivity contribution in [3.8, 4) is 0 Å². The number of aryl methyl sites for hydroxylation is 1. The molecule has 1 aromatic rings. The Kier molecular flexibility index (Phi) is 12.4. The quantitative estimate of drug-likeness (QED) is 0.308.